The molecule has 1 aromatic heterocycles. The minimum atomic E-state index is -3.28. The van der Waals surface area contributed by atoms with Gasteiger partial charge in [0, 0.05) is 23.2 Å². The second kappa shape index (κ2) is 6.92. The average molecular weight is 362 g/mol. The monoisotopic (exact) mass is 361 g/mol. The molecule has 5 nitrogen and oxygen atoms in total. The zero-order valence-electron chi connectivity index (χ0n) is 15.1. The number of rotatable bonds is 4. The van der Waals surface area contributed by atoms with E-state index in [9.17, 15) is 8.42 Å². The summed E-state index contributed by atoms with van der Waals surface area (Å²) in [6, 6.07) is 12.3. The number of aromatic amines is 1. The van der Waals surface area contributed by atoms with Crippen LogP contribution in [0.4, 0.5) is 0 Å². The summed E-state index contributed by atoms with van der Waals surface area (Å²) in [4.78, 5) is 0. The van der Waals surface area contributed by atoms with Gasteiger partial charge in [-0.25, -0.2) is 13.1 Å². The Labute approximate surface area is 150 Å². The van der Waals surface area contributed by atoms with Crippen LogP contribution in [0.25, 0.3) is 11.3 Å². The predicted octanol–water partition coefficient (Wildman–Crippen LogP) is 3.82. The second-order valence-electron chi connectivity index (χ2n) is 7.86. The summed E-state index contributed by atoms with van der Waals surface area (Å²) in [7, 11) is -3.28. The number of aromatic nitrogens is 2. The third kappa shape index (κ3) is 4.12. The molecule has 0 bridgehead atoms. The number of hydrogen-bond acceptors (Lipinski definition) is 3. The number of nitrogens with one attached hydrogen (secondary N) is 2. The quantitative estimate of drug-likeness (QED) is 0.869. The van der Waals surface area contributed by atoms with E-state index in [1.807, 2.05) is 18.2 Å². The lowest BCUT2D eigenvalue weighted by molar-refractivity contribution is 0.367. The average Bonchev–Trinajstić information content (AvgIpc) is 3.05. The Morgan fingerprint density at radius 3 is 2.32 bits per heavy atom. The smallest absolute Gasteiger partial charge is 0.216 e. The molecule has 1 heterocycles. The molecule has 0 aliphatic heterocycles. The Kier molecular flexibility index (Phi) is 5.02. The zero-order chi connectivity index (χ0) is 18.1. The number of nitrogens with zero attached hydrogens (tertiary/aromatic N) is 1. The van der Waals surface area contributed by atoms with Crippen molar-refractivity contribution in [3.05, 3.63) is 42.1 Å². The van der Waals surface area contributed by atoms with Gasteiger partial charge < -0.3 is 0 Å². The molecule has 0 saturated heterocycles. The molecule has 1 saturated carbocycles. The van der Waals surface area contributed by atoms with Gasteiger partial charge in [0.15, 0.2) is 0 Å². The van der Waals surface area contributed by atoms with Gasteiger partial charge >= 0.3 is 0 Å². The molecule has 25 heavy (non-hydrogen) atoms. The third-order valence-electron chi connectivity index (χ3n) is 4.96. The summed E-state index contributed by atoms with van der Waals surface area (Å²) in [5.41, 5.74) is 3.22. The van der Waals surface area contributed by atoms with Crippen molar-refractivity contribution < 1.29 is 8.42 Å². The Hall–Kier alpha value is -1.66. The van der Waals surface area contributed by atoms with Gasteiger partial charge in [-0.2, -0.15) is 5.10 Å². The van der Waals surface area contributed by atoms with Crippen molar-refractivity contribution in [3.63, 3.8) is 0 Å². The maximum Gasteiger partial charge on any atom is 0.216 e. The lowest BCUT2D eigenvalue weighted by atomic mass is 9.84. The van der Waals surface area contributed by atoms with E-state index in [-0.39, 0.29) is 6.04 Å². The molecular weight excluding hydrogens is 334 g/mol. The van der Waals surface area contributed by atoms with Crippen LogP contribution in [0.15, 0.2) is 36.4 Å². The van der Waals surface area contributed by atoms with E-state index in [0.29, 0.717) is 5.92 Å². The van der Waals surface area contributed by atoms with Gasteiger partial charge in [0.1, 0.15) is 0 Å². The molecule has 2 aromatic rings. The van der Waals surface area contributed by atoms with Crippen molar-refractivity contribution in [1.29, 1.82) is 0 Å². The Bertz CT molecular complexity index is 799. The molecule has 0 radical (unpaired) electrons. The molecule has 1 aromatic carbocycles. The Balaban J connectivity index is 1.61. The highest BCUT2D eigenvalue weighted by molar-refractivity contribution is 7.90. The first-order valence-electron chi connectivity index (χ1n) is 8.89. The third-order valence-corrected chi connectivity index (χ3v) is 7.22. The van der Waals surface area contributed by atoms with Crippen molar-refractivity contribution in [2.75, 3.05) is 0 Å². The summed E-state index contributed by atoms with van der Waals surface area (Å²) in [5, 5.41) is 7.61. The molecule has 2 N–H and O–H groups in total. The van der Waals surface area contributed by atoms with Crippen molar-refractivity contribution in [2.45, 2.75) is 63.2 Å². The van der Waals surface area contributed by atoms with E-state index >= 15 is 0 Å². The molecule has 0 atom stereocenters. The van der Waals surface area contributed by atoms with Gasteiger partial charge in [-0.3, -0.25) is 5.10 Å². The van der Waals surface area contributed by atoms with Crippen LogP contribution in [0.3, 0.4) is 0 Å². The largest absolute Gasteiger partial charge is 0.282 e. The summed E-state index contributed by atoms with van der Waals surface area (Å²) < 4.78 is 26.7. The topological polar surface area (TPSA) is 74.8 Å². The van der Waals surface area contributed by atoms with Crippen molar-refractivity contribution >= 4 is 10.0 Å². The molecular formula is C19H27N3O2S. The summed E-state index contributed by atoms with van der Waals surface area (Å²) in [6.45, 7) is 5.20. The number of hydrogen-bond donors (Lipinski definition) is 2. The molecule has 136 valence electrons. The SMILES string of the molecule is CC(C)(C)S(=O)(=O)NC1CCC(c2cc(-c3ccccc3)n[nH]2)CC1. The van der Waals surface area contributed by atoms with Gasteiger partial charge in [0.05, 0.1) is 10.4 Å². The number of benzene rings is 1. The first kappa shape index (κ1) is 18.1. The highest BCUT2D eigenvalue weighted by Crippen LogP contribution is 2.34. The van der Waals surface area contributed by atoms with Crippen LogP contribution in [0.1, 0.15) is 58.1 Å². The molecule has 1 fully saturated rings. The molecule has 3 rings (SSSR count). The van der Waals surface area contributed by atoms with E-state index in [4.69, 9.17) is 0 Å². The van der Waals surface area contributed by atoms with E-state index in [1.54, 1.807) is 20.8 Å². The number of H-pyrrole nitrogens is 1. The van der Waals surface area contributed by atoms with Crippen molar-refractivity contribution in [1.82, 2.24) is 14.9 Å². The van der Waals surface area contributed by atoms with Crippen molar-refractivity contribution in [2.24, 2.45) is 0 Å². The van der Waals surface area contributed by atoms with Crippen LogP contribution in [0, 0.1) is 0 Å². The molecule has 0 spiro atoms. The van der Waals surface area contributed by atoms with Crippen LogP contribution in [0.5, 0.6) is 0 Å². The van der Waals surface area contributed by atoms with Gasteiger partial charge in [-0.1, -0.05) is 30.3 Å². The standard InChI is InChI=1S/C19H27N3O2S/c1-19(2,3)25(23,24)22-16-11-9-15(10-12-16)18-13-17(20-21-18)14-7-5-4-6-8-14/h4-8,13,15-16,22H,9-12H2,1-3H3,(H,20,21). The maximum absolute atomic E-state index is 12.3. The van der Waals surface area contributed by atoms with Crippen LogP contribution < -0.4 is 4.72 Å². The summed E-state index contributed by atoms with van der Waals surface area (Å²) in [6.07, 6.45) is 3.65. The second-order valence-corrected chi connectivity index (χ2v) is 10.3. The maximum atomic E-state index is 12.3. The molecule has 0 amide bonds. The van der Waals surface area contributed by atoms with Crippen LogP contribution in [0.2, 0.25) is 0 Å². The summed E-state index contributed by atoms with van der Waals surface area (Å²) >= 11 is 0. The summed E-state index contributed by atoms with van der Waals surface area (Å²) in [5.74, 6) is 0.417. The molecule has 1 aliphatic carbocycles. The highest BCUT2D eigenvalue weighted by atomic mass is 32.2. The fraction of sp³-hybridized carbons (Fsp3) is 0.526. The van der Waals surface area contributed by atoms with Gasteiger partial charge in [-0.05, 0) is 52.5 Å². The molecule has 1 aliphatic rings. The fourth-order valence-electron chi connectivity index (χ4n) is 3.22. The minimum Gasteiger partial charge on any atom is -0.282 e. The Morgan fingerprint density at radius 1 is 1.08 bits per heavy atom. The highest BCUT2D eigenvalue weighted by Gasteiger charge is 2.33. The van der Waals surface area contributed by atoms with E-state index in [0.717, 1.165) is 42.6 Å². The zero-order valence-corrected chi connectivity index (χ0v) is 15.9. The normalized spacial score (nSPS) is 22.0. The molecule has 0 unspecified atom stereocenters. The predicted molar refractivity (Wildman–Crippen MR) is 101 cm³/mol. The fourth-order valence-corrected chi connectivity index (χ4v) is 4.25. The van der Waals surface area contributed by atoms with Gasteiger partial charge in [-0.15, -0.1) is 0 Å². The minimum absolute atomic E-state index is 0.0389. The number of sulfonamides is 1. The first-order valence-corrected chi connectivity index (χ1v) is 10.4. The lowest BCUT2D eigenvalue weighted by Crippen LogP contribution is -2.45. The van der Waals surface area contributed by atoms with Crippen molar-refractivity contribution in [3.8, 4) is 11.3 Å². The Morgan fingerprint density at radius 2 is 1.72 bits per heavy atom. The van der Waals surface area contributed by atoms with Crippen LogP contribution in [-0.2, 0) is 10.0 Å². The van der Waals surface area contributed by atoms with E-state index in [1.165, 1.54) is 0 Å². The first-order chi connectivity index (χ1) is 11.8. The van der Waals surface area contributed by atoms with E-state index in [2.05, 4.69) is 33.1 Å². The van der Waals surface area contributed by atoms with E-state index < -0.39 is 14.8 Å². The van der Waals surface area contributed by atoms with Gasteiger partial charge in [0.25, 0.3) is 0 Å². The van der Waals surface area contributed by atoms with Crippen LogP contribution in [-0.4, -0.2) is 29.4 Å². The lowest BCUT2D eigenvalue weighted by Gasteiger charge is -2.30. The van der Waals surface area contributed by atoms with Crippen LogP contribution >= 0.6 is 0 Å². The van der Waals surface area contributed by atoms with Gasteiger partial charge in [0.2, 0.25) is 10.0 Å². The molecule has 6 heteroatoms.